The van der Waals surface area contributed by atoms with Crippen molar-refractivity contribution in [1.29, 1.82) is 0 Å². The van der Waals surface area contributed by atoms with Gasteiger partial charge in [0.2, 0.25) is 0 Å². The Bertz CT molecular complexity index is 916. The fourth-order valence-electron chi connectivity index (χ4n) is 2.81. The molecular formula is C20H20ClN3O. The minimum absolute atomic E-state index is 0.242. The average molecular weight is 354 g/mol. The summed E-state index contributed by atoms with van der Waals surface area (Å²) in [4.78, 5) is 12.7. The van der Waals surface area contributed by atoms with E-state index in [1.54, 1.807) is 11.6 Å². The molecule has 1 heterocycles. The summed E-state index contributed by atoms with van der Waals surface area (Å²) in [5.74, 6) is -0.242. The minimum atomic E-state index is -0.242. The zero-order valence-corrected chi connectivity index (χ0v) is 15.3. The molecule has 5 heteroatoms. The van der Waals surface area contributed by atoms with E-state index in [0.717, 1.165) is 22.4 Å². The van der Waals surface area contributed by atoms with Crippen molar-refractivity contribution >= 4 is 23.2 Å². The van der Waals surface area contributed by atoms with Gasteiger partial charge in [0.15, 0.2) is 0 Å². The normalized spacial score (nSPS) is 10.7. The van der Waals surface area contributed by atoms with Crippen LogP contribution < -0.4 is 5.32 Å². The van der Waals surface area contributed by atoms with Crippen molar-refractivity contribution in [3.63, 3.8) is 0 Å². The summed E-state index contributed by atoms with van der Waals surface area (Å²) in [7, 11) is 0. The molecule has 1 aromatic heterocycles. The fourth-order valence-corrected chi connectivity index (χ4v) is 3.13. The van der Waals surface area contributed by atoms with Crippen molar-refractivity contribution < 1.29 is 4.79 Å². The third kappa shape index (κ3) is 3.74. The van der Waals surface area contributed by atoms with Crippen LogP contribution in [-0.4, -0.2) is 15.7 Å². The summed E-state index contributed by atoms with van der Waals surface area (Å²) in [5.41, 5.74) is 5.05. The van der Waals surface area contributed by atoms with E-state index in [-0.39, 0.29) is 5.91 Å². The van der Waals surface area contributed by atoms with Gasteiger partial charge in [-0.3, -0.25) is 4.79 Å². The molecule has 0 aliphatic rings. The minimum Gasteiger partial charge on any atom is -0.322 e. The van der Waals surface area contributed by atoms with Crippen LogP contribution in [0.15, 0.2) is 48.5 Å². The Labute approximate surface area is 152 Å². The molecule has 0 aliphatic carbocycles. The standard InChI is InChI=1S/C20H20ClN3O/c1-13-9-10-17(14(2)11-13)22-20(25)18-15(3)23-24(19(18)21)12-16-7-5-4-6-8-16/h4-11H,12H2,1-3H3,(H,22,25). The maximum atomic E-state index is 12.7. The molecule has 0 atom stereocenters. The average Bonchev–Trinajstić information content (AvgIpc) is 2.85. The number of rotatable bonds is 4. The lowest BCUT2D eigenvalue weighted by atomic mass is 10.1. The molecule has 128 valence electrons. The van der Waals surface area contributed by atoms with E-state index in [0.29, 0.717) is 23.0 Å². The molecule has 1 N–H and O–H groups in total. The predicted molar refractivity (Wildman–Crippen MR) is 101 cm³/mol. The Morgan fingerprint density at radius 3 is 2.52 bits per heavy atom. The second-order valence-electron chi connectivity index (χ2n) is 6.17. The molecule has 1 amide bonds. The van der Waals surface area contributed by atoms with Crippen molar-refractivity contribution in [3.8, 4) is 0 Å². The lowest BCUT2D eigenvalue weighted by Crippen LogP contribution is -2.14. The Kier molecular flexibility index (Phi) is 4.91. The van der Waals surface area contributed by atoms with E-state index in [1.807, 2.05) is 62.4 Å². The molecule has 3 aromatic rings. The highest BCUT2D eigenvalue weighted by Crippen LogP contribution is 2.23. The number of nitrogens with one attached hydrogen (secondary N) is 1. The van der Waals surface area contributed by atoms with Gasteiger partial charge in [-0.1, -0.05) is 59.6 Å². The monoisotopic (exact) mass is 353 g/mol. The Hall–Kier alpha value is -2.59. The van der Waals surface area contributed by atoms with Gasteiger partial charge in [-0.15, -0.1) is 0 Å². The highest BCUT2D eigenvalue weighted by molar-refractivity contribution is 6.33. The number of amides is 1. The zero-order chi connectivity index (χ0) is 18.0. The summed E-state index contributed by atoms with van der Waals surface area (Å²) in [6.07, 6.45) is 0. The fraction of sp³-hybridized carbons (Fsp3) is 0.200. The third-order valence-electron chi connectivity index (χ3n) is 4.10. The Morgan fingerprint density at radius 1 is 1.12 bits per heavy atom. The number of anilines is 1. The number of hydrogen-bond acceptors (Lipinski definition) is 2. The summed E-state index contributed by atoms with van der Waals surface area (Å²) in [6, 6.07) is 15.8. The van der Waals surface area contributed by atoms with E-state index in [9.17, 15) is 4.79 Å². The van der Waals surface area contributed by atoms with Crippen LogP contribution in [0.1, 0.15) is 32.7 Å². The van der Waals surface area contributed by atoms with Gasteiger partial charge in [-0.25, -0.2) is 4.68 Å². The maximum absolute atomic E-state index is 12.7. The van der Waals surface area contributed by atoms with Crippen molar-refractivity contribution in [2.24, 2.45) is 0 Å². The maximum Gasteiger partial charge on any atom is 0.260 e. The first-order valence-electron chi connectivity index (χ1n) is 8.11. The SMILES string of the molecule is Cc1ccc(NC(=O)c2c(C)nn(Cc3ccccc3)c2Cl)c(C)c1. The van der Waals surface area contributed by atoms with E-state index in [2.05, 4.69) is 10.4 Å². The van der Waals surface area contributed by atoms with Crippen LogP contribution in [0.2, 0.25) is 5.15 Å². The number of halogens is 1. The molecular weight excluding hydrogens is 334 g/mol. The largest absolute Gasteiger partial charge is 0.322 e. The number of nitrogens with zero attached hydrogens (tertiary/aromatic N) is 2. The van der Waals surface area contributed by atoms with Crippen LogP contribution in [0.25, 0.3) is 0 Å². The number of aromatic nitrogens is 2. The van der Waals surface area contributed by atoms with Crippen molar-refractivity contribution in [2.75, 3.05) is 5.32 Å². The predicted octanol–water partition coefficient (Wildman–Crippen LogP) is 4.76. The molecule has 3 rings (SSSR count). The molecule has 0 saturated heterocycles. The van der Waals surface area contributed by atoms with Crippen LogP contribution >= 0.6 is 11.6 Å². The van der Waals surface area contributed by atoms with Gasteiger partial charge in [0.05, 0.1) is 17.8 Å². The smallest absolute Gasteiger partial charge is 0.260 e. The molecule has 2 aromatic carbocycles. The Morgan fingerprint density at radius 2 is 1.84 bits per heavy atom. The van der Waals surface area contributed by atoms with E-state index < -0.39 is 0 Å². The van der Waals surface area contributed by atoms with Gasteiger partial charge in [0.1, 0.15) is 5.15 Å². The lowest BCUT2D eigenvalue weighted by Gasteiger charge is -2.09. The summed E-state index contributed by atoms with van der Waals surface area (Å²) in [6.45, 7) is 6.31. The Balaban J connectivity index is 1.85. The topological polar surface area (TPSA) is 46.9 Å². The van der Waals surface area contributed by atoms with E-state index >= 15 is 0 Å². The van der Waals surface area contributed by atoms with Gasteiger partial charge in [-0.2, -0.15) is 5.10 Å². The number of carbonyl (C=O) groups excluding carboxylic acids is 1. The molecule has 0 aliphatic heterocycles. The summed E-state index contributed by atoms with van der Waals surface area (Å²) >= 11 is 6.45. The van der Waals surface area contributed by atoms with Gasteiger partial charge < -0.3 is 5.32 Å². The highest BCUT2D eigenvalue weighted by Gasteiger charge is 2.21. The number of benzene rings is 2. The zero-order valence-electron chi connectivity index (χ0n) is 14.5. The van der Waals surface area contributed by atoms with Crippen molar-refractivity contribution in [3.05, 3.63) is 81.6 Å². The molecule has 0 saturated carbocycles. The molecule has 25 heavy (non-hydrogen) atoms. The van der Waals surface area contributed by atoms with E-state index in [1.165, 1.54) is 0 Å². The van der Waals surface area contributed by atoms with Gasteiger partial charge in [0, 0.05) is 5.69 Å². The first-order chi connectivity index (χ1) is 12.0. The molecule has 0 radical (unpaired) electrons. The van der Waals surface area contributed by atoms with Crippen molar-refractivity contribution in [2.45, 2.75) is 27.3 Å². The second-order valence-corrected chi connectivity index (χ2v) is 6.52. The van der Waals surface area contributed by atoms with Gasteiger partial charge in [-0.05, 0) is 38.0 Å². The van der Waals surface area contributed by atoms with Crippen LogP contribution in [-0.2, 0) is 6.54 Å². The van der Waals surface area contributed by atoms with Crippen LogP contribution in [0.5, 0.6) is 0 Å². The molecule has 4 nitrogen and oxygen atoms in total. The number of hydrogen-bond donors (Lipinski definition) is 1. The lowest BCUT2D eigenvalue weighted by molar-refractivity contribution is 0.102. The van der Waals surface area contributed by atoms with Crippen LogP contribution in [0.3, 0.4) is 0 Å². The van der Waals surface area contributed by atoms with Crippen LogP contribution in [0, 0.1) is 20.8 Å². The molecule has 0 spiro atoms. The molecule has 0 fully saturated rings. The first kappa shape index (κ1) is 17.2. The first-order valence-corrected chi connectivity index (χ1v) is 8.49. The van der Waals surface area contributed by atoms with Crippen molar-refractivity contribution in [1.82, 2.24) is 9.78 Å². The van der Waals surface area contributed by atoms with Crippen LogP contribution in [0.4, 0.5) is 5.69 Å². The quantitative estimate of drug-likeness (QED) is 0.734. The van der Waals surface area contributed by atoms with E-state index in [4.69, 9.17) is 11.6 Å². The summed E-state index contributed by atoms with van der Waals surface area (Å²) < 4.78 is 1.66. The number of aryl methyl sites for hydroxylation is 3. The molecule has 0 bridgehead atoms. The highest BCUT2D eigenvalue weighted by atomic mass is 35.5. The third-order valence-corrected chi connectivity index (χ3v) is 4.48. The van der Waals surface area contributed by atoms with Gasteiger partial charge >= 0.3 is 0 Å². The molecule has 0 unspecified atom stereocenters. The van der Waals surface area contributed by atoms with Gasteiger partial charge in [0.25, 0.3) is 5.91 Å². The number of carbonyl (C=O) groups is 1. The summed E-state index contributed by atoms with van der Waals surface area (Å²) in [5, 5.41) is 7.72. The second kappa shape index (κ2) is 7.11.